The van der Waals surface area contributed by atoms with E-state index in [1.54, 1.807) is 7.11 Å². The molecule has 1 rings (SSSR count). The van der Waals surface area contributed by atoms with Crippen LogP contribution in [0, 0.1) is 0 Å². The van der Waals surface area contributed by atoms with Crippen LogP contribution in [0.15, 0.2) is 24.3 Å². The van der Waals surface area contributed by atoms with Crippen molar-refractivity contribution in [1.82, 2.24) is 9.62 Å². The van der Waals surface area contributed by atoms with Gasteiger partial charge in [0.25, 0.3) is 0 Å². The molecule has 6 nitrogen and oxygen atoms in total. The van der Waals surface area contributed by atoms with Gasteiger partial charge in [-0.3, -0.25) is 4.79 Å². The van der Waals surface area contributed by atoms with Crippen molar-refractivity contribution in [2.75, 3.05) is 33.0 Å². The molecule has 0 unspecified atom stereocenters. The minimum atomic E-state index is -3.36. The van der Waals surface area contributed by atoms with Crippen LogP contribution in [-0.4, -0.2) is 51.6 Å². The van der Waals surface area contributed by atoms with Crippen LogP contribution in [0.1, 0.15) is 25.3 Å². The number of amides is 1. The second-order valence-corrected chi connectivity index (χ2v) is 7.38. The molecule has 0 spiro atoms. The third-order valence-corrected chi connectivity index (χ3v) is 4.67. The SMILES string of the molecule is CCCCN(CC(=O)NCCc1cccc(OC)c1)S(C)(=O)=O. The van der Waals surface area contributed by atoms with Crippen LogP contribution in [0.3, 0.4) is 0 Å². The first kappa shape index (κ1) is 19.4. The number of nitrogens with zero attached hydrogens (tertiary/aromatic N) is 1. The molecular formula is C16H26N2O4S. The van der Waals surface area contributed by atoms with Gasteiger partial charge in [0.2, 0.25) is 15.9 Å². The Kier molecular flexibility index (Phi) is 8.05. The van der Waals surface area contributed by atoms with E-state index in [9.17, 15) is 13.2 Å². The molecule has 0 aliphatic rings. The topological polar surface area (TPSA) is 75.7 Å². The molecule has 0 heterocycles. The average Bonchev–Trinajstić information content (AvgIpc) is 2.50. The Hall–Kier alpha value is -1.60. The quantitative estimate of drug-likeness (QED) is 0.698. The number of carbonyl (C=O) groups is 1. The van der Waals surface area contributed by atoms with E-state index in [2.05, 4.69) is 5.32 Å². The Morgan fingerprint density at radius 1 is 1.35 bits per heavy atom. The Morgan fingerprint density at radius 3 is 2.70 bits per heavy atom. The predicted octanol–water partition coefficient (Wildman–Crippen LogP) is 1.42. The number of methoxy groups -OCH3 is 1. The summed E-state index contributed by atoms with van der Waals surface area (Å²) in [5, 5.41) is 2.76. The summed E-state index contributed by atoms with van der Waals surface area (Å²) in [6, 6.07) is 7.63. The first-order chi connectivity index (χ1) is 10.9. The van der Waals surface area contributed by atoms with Crippen molar-refractivity contribution in [2.45, 2.75) is 26.2 Å². The van der Waals surface area contributed by atoms with Gasteiger partial charge in [-0.25, -0.2) is 8.42 Å². The number of nitrogens with one attached hydrogen (secondary N) is 1. The maximum atomic E-state index is 11.9. The molecule has 0 radical (unpaired) electrons. The fourth-order valence-electron chi connectivity index (χ4n) is 2.09. The second-order valence-electron chi connectivity index (χ2n) is 5.40. The maximum Gasteiger partial charge on any atom is 0.235 e. The maximum absolute atomic E-state index is 11.9. The van der Waals surface area contributed by atoms with Crippen LogP contribution in [0.4, 0.5) is 0 Å². The number of benzene rings is 1. The van der Waals surface area contributed by atoms with E-state index in [0.717, 1.165) is 30.4 Å². The molecule has 1 aromatic rings. The molecule has 7 heteroatoms. The number of carbonyl (C=O) groups excluding carboxylic acids is 1. The highest BCUT2D eigenvalue weighted by molar-refractivity contribution is 7.88. The highest BCUT2D eigenvalue weighted by Gasteiger charge is 2.19. The van der Waals surface area contributed by atoms with Crippen molar-refractivity contribution < 1.29 is 17.9 Å². The Morgan fingerprint density at radius 2 is 2.09 bits per heavy atom. The van der Waals surface area contributed by atoms with Crippen LogP contribution in [0.2, 0.25) is 0 Å². The number of rotatable bonds is 10. The number of hydrogen-bond acceptors (Lipinski definition) is 4. The highest BCUT2D eigenvalue weighted by atomic mass is 32.2. The second kappa shape index (κ2) is 9.52. The van der Waals surface area contributed by atoms with Gasteiger partial charge in [-0.2, -0.15) is 4.31 Å². The smallest absolute Gasteiger partial charge is 0.235 e. The molecule has 0 aliphatic heterocycles. The monoisotopic (exact) mass is 342 g/mol. The molecule has 23 heavy (non-hydrogen) atoms. The van der Waals surface area contributed by atoms with Crippen molar-refractivity contribution in [1.29, 1.82) is 0 Å². The van der Waals surface area contributed by atoms with Gasteiger partial charge in [0.15, 0.2) is 0 Å². The summed E-state index contributed by atoms with van der Waals surface area (Å²) in [5.41, 5.74) is 1.05. The van der Waals surface area contributed by atoms with E-state index in [-0.39, 0.29) is 12.5 Å². The Labute approximate surface area is 138 Å². The Bertz CT molecular complexity index is 602. The summed E-state index contributed by atoms with van der Waals surface area (Å²) in [5.74, 6) is 0.492. The molecule has 0 aliphatic carbocycles. The van der Waals surface area contributed by atoms with E-state index >= 15 is 0 Å². The molecule has 0 aromatic heterocycles. The van der Waals surface area contributed by atoms with Gasteiger partial charge in [0.1, 0.15) is 5.75 Å². The number of unbranched alkanes of at least 4 members (excludes halogenated alkanes) is 1. The van der Waals surface area contributed by atoms with Gasteiger partial charge < -0.3 is 10.1 Å². The van der Waals surface area contributed by atoms with Crippen LogP contribution >= 0.6 is 0 Å². The molecule has 0 saturated carbocycles. The van der Waals surface area contributed by atoms with Crippen LogP contribution < -0.4 is 10.1 Å². The van der Waals surface area contributed by atoms with Crippen LogP contribution in [-0.2, 0) is 21.2 Å². The molecule has 1 N–H and O–H groups in total. The first-order valence-corrected chi connectivity index (χ1v) is 9.56. The van der Waals surface area contributed by atoms with Crippen LogP contribution in [0.5, 0.6) is 5.75 Å². The molecule has 1 amide bonds. The van der Waals surface area contributed by atoms with Gasteiger partial charge in [-0.05, 0) is 30.5 Å². The molecule has 0 atom stereocenters. The average molecular weight is 342 g/mol. The van der Waals surface area contributed by atoms with Crippen molar-refractivity contribution in [3.8, 4) is 5.75 Å². The summed E-state index contributed by atoms with van der Waals surface area (Å²) in [4.78, 5) is 11.9. The lowest BCUT2D eigenvalue weighted by Crippen LogP contribution is -2.41. The van der Waals surface area contributed by atoms with Gasteiger partial charge in [0.05, 0.1) is 19.9 Å². The molecule has 1 aromatic carbocycles. The standard InChI is InChI=1S/C16H26N2O4S/c1-4-5-11-18(23(3,20)21)13-16(19)17-10-9-14-7-6-8-15(12-14)22-2/h6-8,12H,4-5,9-11,13H2,1-3H3,(H,17,19). The van der Waals surface area contributed by atoms with Crippen molar-refractivity contribution >= 4 is 15.9 Å². The fourth-order valence-corrected chi connectivity index (χ4v) is 2.90. The summed E-state index contributed by atoms with van der Waals surface area (Å²) < 4.78 is 29.7. The van der Waals surface area contributed by atoms with Gasteiger partial charge in [-0.1, -0.05) is 25.5 Å². The third-order valence-electron chi connectivity index (χ3n) is 3.42. The zero-order chi connectivity index (χ0) is 17.3. The molecule has 0 saturated heterocycles. The van der Waals surface area contributed by atoms with E-state index in [0.29, 0.717) is 19.5 Å². The predicted molar refractivity (Wildman–Crippen MR) is 91.0 cm³/mol. The van der Waals surface area contributed by atoms with Crippen LogP contribution in [0.25, 0.3) is 0 Å². The van der Waals surface area contributed by atoms with E-state index < -0.39 is 10.0 Å². The molecule has 130 valence electrons. The number of sulfonamides is 1. The van der Waals surface area contributed by atoms with Crippen molar-refractivity contribution in [2.24, 2.45) is 0 Å². The molecule has 0 bridgehead atoms. The van der Waals surface area contributed by atoms with Crippen molar-refractivity contribution in [3.63, 3.8) is 0 Å². The first-order valence-electron chi connectivity index (χ1n) is 7.71. The zero-order valence-corrected chi connectivity index (χ0v) is 14.9. The Balaban J connectivity index is 2.45. The third kappa shape index (κ3) is 7.47. The van der Waals surface area contributed by atoms with E-state index in [1.807, 2.05) is 31.2 Å². The summed E-state index contributed by atoms with van der Waals surface area (Å²) in [6.45, 7) is 2.68. The minimum Gasteiger partial charge on any atom is -0.497 e. The normalized spacial score (nSPS) is 11.5. The summed E-state index contributed by atoms with van der Waals surface area (Å²) in [7, 11) is -1.75. The summed E-state index contributed by atoms with van der Waals surface area (Å²) >= 11 is 0. The van der Waals surface area contributed by atoms with E-state index in [4.69, 9.17) is 4.74 Å². The van der Waals surface area contributed by atoms with E-state index in [1.165, 1.54) is 4.31 Å². The summed E-state index contributed by atoms with van der Waals surface area (Å²) in [6.07, 6.45) is 3.41. The van der Waals surface area contributed by atoms with Gasteiger partial charge >= 0.3 is 0 Å². The zero-order valence-electron chi connectivity index (χ0n) is 14.0. The highest BCUT2D eigenvalue weighted by Crippen LogP contribution is 2.12. The fraction of sp³-hybridized carbons (Fsp3) is 0.562. The molecular weight excluding hydrogens is 316 g/mol. The number of hydrogen-bond donors (Lipinski definition) is 1. The lowest BCUT2D eigenvalue weighted by molar-refractivity contribution is -0.121. The van der Waals surface area contributed by atoms with Crippen molar-refractivity contribution in [3.05, 3.63) is 29.8 Å². The molecule has 0 fully saturated rings. The van der Waals surface area contributed by atoms with Gasteiger partial charge in [-0.15, -0.1) is 0 Å². The number of ether oxygens (including phenoxy) is 1. The lowest BCUT2D eigenvalue weighted by atomic mass is 10.1. The van der Waals surface area contributed by atoms with Gasteiger partial charge in [0, 0.05) is 13.1 Å². The minimum absolute atomic E-state index is 0.128. The lowest BCUT2D eigenvalue weighted by Gasteiger charge is -2.19. The largest absolute Gasteiger partial charge is 0.497 e.